The lowest BCUT2D eigenvalue weighted by molar-refractivity contribution is -0.136. The molecule has 0 bridgehead atoms. The van der Waals surface area contributed by atoms with Crippen LogP contribution >= 0.6 is 0 Å². The normalized spacial score (nSPS) is 20.1. The number of ether oxygens (including phenoxy) is 1. The fourth-order valence-electron chi connectivity index (χ4n) is 9.05. The predicted octanol–water partition coefficient (Wildman–Crippen LogP) is 6.02. The maximum absolute atomic E-state index is 13.3. The lowest BCUT2D eigenvalue weighted by Gasteiger charge is -2.38. The first kappa shape index (κ1) is 45.7. The molecule has 4 aliphatic heterocycles. The smallest absolute Gasteiger partial charge is 0.262 e. The number of hydrogen-bond acceptors (Lipinski definition) is 13. The topological polar surface area (TPSA) is 194 Å². The molecule has 0 saturated carbocycles. The molecule has 1 aromatic heterocycles. The summed E-state index contributed by atoms with van der Waals surface area (Å²) in [6, 6.07) is 20.9. The minimum Gasteiger partial charge on any atom is -0.492 e. The van der Waals surface area contributed by atoms with Gasteiger partial charge in [0, 0.05) is 72.6 Å². The van der Waals surface area contributed by atoms with Crippen LogP contribution in [0.1, 0.15) is 85.6 Å². The number of anilines is 5. The summed E-state index contributed by atoms with van der Waals surface area (Å²) in [7, 11) is -3.68. The van der Waals surface area contributed by atoms with Crippen molar-refractivity contribution in [1.29, 1.82) is 0 Å². The Morgan fingerprint density at radius 2 is 1.57 bits per heavy atom. The van der Waals surface area contributed by atoms with Crippen LogP contribution in [0.2, 0.25) is 0 Å². The zero-order valence-corrected chi connectivity index (χ0v) is 38.3. The number of imide groups is 2. The second-order valence-electron chi connectivity index (χ2n) is 18.6. The molecular weight excluding hydrogens is 847 g/mol. The number of aromatic nitrogens is 1. The van der Waals surface area contributed by atoms with Crippen molar-refractivity contribution in [2.75, 3.05) is 61.8 Å². The Morgan fingerprint density at radius 3 is 2.32 bits per heavy atom. The van der Waals surface area contributed by atoms with E-state index >= 15 is 0 Å². The Balaban J connectivity index is 0.751. The van der Waals surface area contributed by atoms with Crippen LogP contribution in [0.5, 0.6) is 5.75 Å². The van der Waals surface area contributed by atoms with Crippen LogP contribution in [-0.2, 0) is 19.6 Å². The van der Waals surface area contributed by atoms with Crippen LogP contribution < -0.4 is 30.7 Å². The van der Waals surface area contributed by atoms with Crippen molar-refractivity contribution in [3.05, 3.63) is 95.7 Å². The monoisotopic (exact) mass is 905 g/mol. The molecule has 4 aromatic rings. The molecule has 17 heteroatoms. The summed E-state index contributed by atoms with van der Waals surface area (Å²) in [4.78, 5) is 61.3. The van der Waals surface area contributed by atoms with Crippen LogP contribution in [0, 0.1) is 12.8 Å². The van der Waals surface area contributed by atoms with Gasteiger partial charge in [0.1, 0.15) is 24.2 Å². The first-order valence-corrected chi connectivity index (χ1v) is 24.0. The van der Waals surface area contributed by atoms with Crippen molar-refractivity contribution in [3.8, 4) is 5.75 Å². The van der Waals surface area contributed by atoms with E-state index in [1.165, 1.54) is 0 Å². The Kier molecular flexibility index (Phi) is 13.6. The van der Waals surface area contributed by atoms with Crippen molar-refractivity contribution >= 4 is 62.2 Å². The number of carbonyl (C=O) groups excluding carboxylic acids is 4. The SMILES string of the molecule is Cc1cnc(Nc2ccc(OCCN3CCC(CN4CCC[C@@H](Nc5ccc6c(c5)C(=O)N(C5CCC(=O)NC5=O)C6=O)C4)CC3)cc2)cc1Nc1cccc(S(=O)(=O)NC(C)(C)C)c1. The zero-order chi connectivity index (χ0) is 45.9. The first-order chi connectivity index (χ1) is 31.1. The van der Waals surface area contributed by atoms with Crippen molar-refractivity contribution < 1.29 is 32.3 Å². The van der Waals surface area contributed by atoms with E-state index < -0.39 is 45.2 Å². The quantitative estimate of drug-likeness (QED) is 0.0871. The Labute approximate surface area is 380 Å². The molecule has 0 radical (unpaired) electrons. The van der Waals surface area contributed by atoms with Gasteiger partial charge in [0.15, 0.2) is 0 Å². The van der Waals surface area contributed by atoms with E-state index in [0.717, 1.165) is 98.2 Å². The molecule has 3 fully saturated rings. The van der Waals surface area contributed by atoms with Gasteiger partial charge in [-0.15, -0.1) is 0 Å². The standard InChI is InChI=1S/C48H59N9O7S/c1-31-28-49-43(27-41(31)51-34-7-5-9-38(25-34)65(62,63)54-48(2,3)4)52-33-10-13-37(14-11-33)64-24-23-55-21-18-32(19-22-55)29-56-20-6-8-36(30-56)50-35-12-15-39-40(26-35)47(61)57(46(39)60)42-16-17-44(58)53-45(42)59/h5,7,9-15,25-28,32,36,42,50,54H,6,8,16-24,29-30H2,1-4H3,(H2,49,51,52)(H,53,58,59)/t36-,42?/m1/s1. The van der Waals surface area contributed by atoms with Gasteiger partial charge < -0.3 is 25.6 Å². The number of pyridine rings is 1. The molecule has 5 N–H and O–H groups in total. The highest BCUT2D eigenvalue weighted by molar-refractivity contribution is 7.89. The third-order valence-electron chi connectivity index (χ3n) is 12.3. The van der Waals surface area contributed by atoms with E-state index in [9.17, 15) is 27.6 Å². The molecule has 5 heterocycles. The fourth-order valence-corrected chi connectivity index (χ4v) is 10.5. The Hall–Kier alpha value is -5.88. The van der Waals surface area contributed by atoms with Crippen LogP contribution in [0.4, 0.5) is 28.6 Å². The van der Waals surface area contributed by atoms with Gasteiger partial charge in [0.25, 0.3) is 11.8 Å². The van der Waals surface area contributed by atoms with Gasteiger partial charge in [-0.1, -0.05) is 6.07 Å². The van der Waals surface area contributed by atoms with Crippen LogP contribution in [0.3, 0.4) is 0 Å². The molecule has 65 heavy (non-hydrogen) atoms. The van der Waals surface area contributed by atoms with Crippen molar-refractivity contribution in [2.45, 2.75) is 88.7 Å². The van der Waals surface area contributed by atoms with E-state index in [-0.39, 0.29) is 34.9 Å². The molecule has 1 unspecified atom stereocenters. The molecule has 4 amide bonds. The predicted molar refractivity (Wildman–Crippen MR) is 249 cm³/mol. The van der Waals surface area contributed by atoms with Gasteiger partial charge in [-0.3, -0.25) is 34.3 Å². The molecule has 16 nitrogen and oxygen atoms in total. The van der Waals surface area contributed by atoms with Crippen molar-refractivity contribution in [3.63, 3.8) is 0 Å². The van der Waals surface area contributed by atoms with E-state index in [4.69, 9.17) is 4.74 Å². The van der Waals surface area contributed by atoms with E-state index in [1.54, 1.807) is 36.5 Å². The maximum atomic E-state index is 13.3. The lowest BCUT2D eigenvalue weighted by atomic mass is 9.94. The number of aryl methyl sites for hydroxylation is 1. The summed E-state index contributed by atoms with van der Waals surface area (Å²) in [6.45, 7) is 13.9. The largest absolute Gasteiger partial charge is 0.492 e. The van der Waals surface area contributed by atoms with Crippen molar-refractivity contribution in [1.82, 2.24) is 29.7 Å². The highest BCUT2D eigenvalue weighted by Gasteiger charge is 2.44. The second kappa shape index (κ2) is 19.3. The number of amides is 4. The number of carbonyl (C=O) groups is 4. The molecule has 344 valence electrons. The number of rotatable bonds is 15. The van der Waals surface area contributed by atoms with Crippen LogP contribution in [0.15, 0.2) is 83.9 Å². The highest BCUT2D eigenvalue weighted by Crippen LogP contribution is 2.31. The third kappa shape index (κ3) is 11.3. The summed E-state index contributed by atoms with van der Waals surface area (Å²) in [5.41, 5.74) is 3.96. The van der Waals surface area contributed by atoms with Gasteiger partial charge in [0.05, 0.1) is 16.0 Å². The van der Waals surface area contributed by atoms with Crippen LogP contribution in [0.25, 0.3) is 0 Å². The van der Waals surface area contributed by atoms with Gasteiger partial charge in [-0.25, -0.2) is 18.1 Å². The number of benzene rings is 3. The summed E-state index contributed by atoms with van der Waals surface area (Å²) in [5.74, 6) is 0.0568. The number of nitrogens with zero attached hydrogens (tertiary/aromatic N) is 4. The molecule has 0 spiro atoms. The van der Waals surface area contributed by atoms with Gasteiger partial charge >= 0.3 is 0 Å². The summed E-state index contributed by atoms with van der Waals surface area (Å²) in [6.07, 6.45) is 6.33. The fraction of sp³-hybridized carbons (Fsp3) is 0.438. The van der Waals surface area contributed by atoms with Crippen molar-refractivity contribution in [2.24, 2.45) is 5.92 Å². The minimum atomic E-state index is -3.68. The van der Waals surface area contributed by atoms with E-state index in [1.807, 2.05) is 70.2 Å². The number of piperidine rings is 3. The second-order valence-corrected chi connectivity index (χ2v) is 20.3. The first-order valence-electron chi connectivity index (χ1n) is 22.5. The number of sulfonamides is 1. The van der Waals surface area contributed by atoms with Gasteiger partial charge in [-0.2, -0.15) is 0 Å². The molecule has 3 aromatic carbocycles. The molecule has 3 saturated heterocycles. The average molecular weight is 906 g/mol. The van der Waals surface area contributed by atoms with E-state index in [2.05, 4.69) is 40.8 Å². The zero-order valence-electron chi connectivity index (χ0n) is 37.5. The van der Waals surface area contributed by atoms with E-state index in [0.29, 0.717) is 24.0 Å². The molecule has 8 rings (SSSR count). The minimum absolute atomic E-state index is 0.0888. The average Bonchev–Trinajstić information content (AvgIpc) is 3.50. The van der Waals surface area contributed by atoms with Gasteiger partial charge in [-0.05, 0) is 152 Å². The molecule has 4 aliphatic rings. The third-order valence-corrected chi connectivity index (χ3v) is 14.1. The highest BCUT2D eigenvalue weighted by atomic mass is 32.2. The van der Waals surface area contributed by atoms with Crippen LogP contribution in [-0.4, -0.2) is 115 Å². The Bertz CT molecular complexity index is 2540. The van der Waals surface area contributed by atoms with Gasteiger partial charge in [0.2, 0.25) is 21.8 Å². The maximum Gasteiger partial charge on any atom is 0.262 e. The summed E-state index contributed by atoms with van der Waals surface area (Å²) >= 11 is 0. The number of fused-ring (bicyclic) bond motifs is 1. The lowest BCUT2D eigenvalue weighted by Crippen LogP contribution is -2.54. The number of nitrogens with one attached hydrogen (secondary N) is 5. The molecule has 0 aliphatic carbocycles. The summed E-state index contributed by atoms with van der Waals surface area (Å²) < 4.78 is 34.7. The molecular formula is C48H59N9O7S. The summed E-state index contributed by atoms with van der Waals surface area (Å²) in [5, 5.41) is 12.6. The number of hydrogen-bond donors (Lipinski definition) is 5. The Morgan fingerprint density at radius 1 is 0.815 bits per heavy atom. The molecule has 2 atom stereocenters. The number of likely N-dealkylation sites (tertiary alicyclic amines) is 2.